The number of hydrogen-bond acceptors (Lipinski definition) is 5. The number of methoxy groups -OCH3 is 1. The van der Waals surface area contributed by atoms with Gasteiger partial charge in [0.05, 0.1) is 7.11 Å². The van der Waals surface area contributed by atoms with Gasteiger partial charge in [-0.25, -0.2) is 14.5 Å². The van der Waals surface area contributed by atoms with Gasteiger partial charge in [0.25, 0.3) is 5.82 Å². The average molecular weight is 157 g/mol. The van der Waals surface area contributed by atoms with Crippen LogP contribution in [-0.2, 0) is 11.5 Å². The Morgan fingerprint density at radius 3 is 3.09 bits per heavy atom. The Bertz CT molecular complexity index is 257. The molecule has 6 heteroatoms. The molecule has 0 spiro atoms. The lowest BCUT2D eigenvalue weighted by Crippen LogP contribution is -2.05. The molecule has 0 unspecified atom stereocenters. The van der Waals surface area contributed by atoms with Gasteiger partial charge in [-0.05, 0) is 0 Å². The van der Waals surface area contributed by atoms with Crippen molar-refractivity contribution in [3.05, 3.63) is 12.2 Å². The Kier molecular flexibility index (Phi) is 2.17. The fraction of sp³-hybridized carbons (Fsp3) is 0.400. The van der Waals surface area contributed by atoms with E-state index in [9.17, 15) is 4.79 Å². The lowest BCUT2D eigenvalue weighted by molar-refractivity contribution is 0.0585. The van der Waals surface area contributed by atoms with E-state index in [-0.39, 0.29) is 12.6 Å². The molecular weight excluding hydrogens is 150 g/mol. The van der Waals surface area contributed by atoms with E-state index in [1.165, 1.54) is 13.4 Å². The van der Waals surface area contributed by atoms with Crippen LogP contribution in [0.3, 0.4) is 0 Å². The minimum absolute atomic E-state index is 0.0541. The van der Waals surface area contributed by atoms with Gasteiger partial charge in [0.1, 0.15) is 13.1 Å². The van der Waals surface area contributed by atoms with Gasteiger partial charge < -0.3 is 9.84 Å². The molecule has 11 heavy (non-hydrogen) atoms. The second kappa shape index (κ2) is 3.11. The summed E-state index contributed by atoms with van der Waals surface area (Å²) in [5.41, 5.74) is 0. The van der Waals surface area contributed by atoms with Gasteiger partial charge in [0.2, 0.25) is 0 Å². The van der Waals surface area contributed by atoms with Crippen LogP contribution in [0.4, 0.5) is 0 Å². The van der Waals surface area contributed by atoms with Gasteiger partial charge in [-0.3, -0.25) is 0 Å². The molecular formula is C5H7N3O3. The quantitative estimate of drug-likeness (QED) is 0.558. The maximum absolute atomic E-state index is 10.7. The maximum Gasteiger partial charge on any atom is 0.377 e. The molecule has 60 valence electrons. The Hall–Kier alpha value is -1.43. The summed E-state index contributed by atoms with van der Waals surface area (Å²) in [6.45, 7) is -0.302. The molecule has 0 saturated carbocycles. The van der Waals surface area contributed by atoms with Gasteiger partial charge in [0, 0.05) is 0 Å². The van der Waals surface area contributed by atoms with E-state index in [1.807, 2.05) is 0 Å². The van der Waals surface area contributed by atoms with E-state index in [1.54, 1.807) is 0 Å². The minimum Gasteiger partial charge on any atom is -0.463 e. The molecule has 0 amide bonds. The van der Waals surface area contributed by atoms with Gasteiger partial charge in [-0.2, -0.15) is 0 Å². The van der Waals surface area contributed by atoms with Crippen LogP contribution in [0.5, 0.6) is 0 Å². The molecule has 0 bridgehead atoms. The Morgan fingerprint density at radius 1 is 1.91 bits per heavy atom. The highest BCUT2D eigenvalue weighted by Crippen LogP contribution is 1.90. The van der Waals surface area contributed by atoms with Gasteiger partial charge in [-0.15, -0.1) is 5.10 Å². The Labute approximate surface area is 62.4 Å². The fourth-order valence-electron chi connectivity index (χ4n) is 0.548. The molecule has 0 aliphatic rings. The summed E-state index contributed by atoms with van der Waals surface area (Å²) >= 11 is 0. The number of carbonyl (C=O) groups excluding carboxylic acids is 1. The molecule has 0 aromatic carbocycles. The van der Waals surface area contributed by atoms with Crippen LogP contribution in [0.1, 0.15) is 10.6 Å². The predicted molar refractivity (Wildman–Crippen MR) is 33.6 cm³/mol. The highest BCUT2D eigenvalue weighted by Gasteiger charge is 2.09. The van der Waals surface area contributed by atoms with Crippen LogP contribution in [0.15, 0.2) is 6.33 Å². The number of hydrogen-bond donors (Lipinski definition) is 1. The van der Waals surface area contributed by atoms with Crippen molar-refractivity contribution in [2.45, 2.75) is 6.73 Å². The topological polar surface area (TPSA) is 77.2 Å². The molecule has 0 radical (unpaired) electrons. The van der Waals surface area contributed by atoms with Crippen molar-refractivity contribution in [1.29, 1.82) is 0 Å². The summed E-state index contributed by atoms with van der Waals surface area (Å²) in [6.07, 6.45) is 1.24. The van der Waals surface area contributed by atoms with Gasteiger partial charge in [-0.1, -0.05) is 0 Å². The number of ether oxygens (including phenoxy) is 1. The average Bonchev–Trinajstić information content (AvgIpc) is 2.50. The third-order valence-corrected chi connectivity index (χ3v) is 1.05. The van der Waals surface area contributed by atoms with Crippen molar-refractivity contribution in [3.8, 4) is 0 Å². The molecule has 1 heterocycles. The van der Waals surface area contributed by atoms with E-state index >= 15 is 0 Å². The van der Waals surface area contributed by atoms with Gasteiger partial charge in [0.15, 0.2) is 0 Å². The zero-order valence-electron chi connectivity index (χ0n) is 5.89. The van der Waals surface area contributed by atoms with E-state index < -0.39 is 5.97 Å². The van der Waals surface area contributed by atoms with E-state index in [0.717, 1.165) is 4.68 Å². The summed E-state index contributed by atoms with van der Waals surface area (Å²) < 4.78 is 5.45. The first-order valence-corrected chi connectivity index (χ1v) is 2.86. The van der Waals surface area contributed by atoms with Crippen molar-refractivity contribution in [2.24, 2.45) is 0 Å². The first-order chi connectivity index (χ1) is 5.27. The van der Waals surface area contributed by atoms with Crippen molar-refractivity contribution in [1.82, 2.24) is 14.8 Å². The number of esters is 1. The lowest BCUT2D eigenvalue weighted by Gasteiger charge is -1.90. The summed E-state index contributed by atoms with van der Waals surface area (Å²) in [5.74, 6) is -0.668. The first-order valence-electron chi connectivity index (χ1n) is 2.86. The summed E-state index contributed by atoms with van der Waals surface area (Å²) in [6, 6.07) is 0. The molecule has 0 fully saturated rings. The van der Waals surface area contributed by atoms with Crippen molar-refractivity contribution >= 4 is 5.97 Å². The van der Waals surface area contributed by atoms with Crippen LogP contribution >= 0.6 is 0 Å². The van der Waals surface area contributed by atoms with E-state index in [2.05, 4.69) is 14.8 Å². The fourth-order valence-corrected chi connectivity index (χ4v) is 0.548. The largest absolute Gasteiger partial charge is 0.463 e. The van der Waals surface area contributed by atoms with Crippen LogP contribution in [0.25, 0.3) is 0 Å². The summed E-state index contributed by atoms with van der Waals surface area (Å²) in [4.78, 5) is 14.3. The zero-order chi connectivity index (χ0) is 8.27. The summed E-state index contributed by atoms with van der Waals surface area (Å²) in [5, 5.41) is 12.1. The first kappa shape index (κ1) is 7.67. The van der Waals surface area contributed by atoms with Crippen LogP contribution < -0.4 is 0 Å². The third-order valence-electron chi connectivity index (χ3n) is 1.05. The molecule has 1 aromatic heterocycles. The molecule has 0 aliphatic carbocycles. The highest BCUT2D eigenvalue weighted by molar-refractivity contribution is 5.84. The van der Waals surface area contributed by atoms with Crippen LogP contribution in [-0.4, -0.2) is 33.0 Å². The molecule has 1 N–H and O–H groups in total. The standard InChI is InChI=1S/C5H7N3O3/c1-11-5(10)4-6-2-8(3-9)7-4/h2,9H,3H2,1H3. The highest BCUT2D eigenvalue weighted by atomic mass is 16.5. The van der Waals surface area contributed by atoms with Crippen molar-refractivity contribution in [3.63, 3.8) is 0 Å². The number of carbonyl (C=O) groups is 1. The Balaban J connectivity index is 2.80. The molecule has 6 nitrogen and oxygen atoms in total. The molecule has 0 saturated heterocycles. The number of aliphatic hydroxyl groups is 1. The van der Waals surface area contributed by atoms with Crippen LogP contribution in [0, 0.1) is 0 Å². The summed E-state index contributed by atoms with van der Waals surface area (Å²) in [7, 11) is 1.24. The predicted octanol–water partition coefficient (Wildman–Crippen LogP) is -0.986. The molecule has 0 aliphatic heterocycles. The normalized spacial score (nSPS) is 9.64. The SMILES string of the molecule is COC(=O)c1ncn(CO)n1. The molecule has 1 aromatic rings. The van der Waals surface area contributed by atoms with E-state index in [4.69, 9.17) is 5.11 Å². The third kappa shape index (κ3) is 1.53. The van der Waals surface area contributed by atoms with E-state index in [0.29, 0.717) is 0 Å². The van der Waals surface area contributed by atoms with Crippen LogP contribution in [0.2, 0.25) is 0 Å². The minimum atomic E-state index is -0.614. The smallest absolute Gasteiger partial charge is 0.377 e. The van der Waals surface area contributed by atoms with Gasteiger partial charge >= 0.3 is 5.97 Å². The molecule has 0 atom stereocenters. The monoisotopic (exact) mass is 157 g/mol. The molecule has 1 rings (SSSR count). The zero-order valence-corrected chi connectivity index (χ0v) is 5.89. The second-order valence-electron chi connectivity index (χ2n) is 1.74. The lowest BCUT2D eigenvalue weighted by atomic mass is 10.6. The maximum atomic E-state index is 10.7. The van der Waals surface area contributed by atoms with Crippen molar-refractivity contribution < 1.29 is 14.6 Å². The number of rotatable bonds is 2. The van der Waals surface area contributed by atoms with Crippen molar-refractivity contribution in [2.75, 3.05) is 7.11 Å². The number of aromatic nitrogens is 3. The number of nitrogens with zero attached hydrogens (tertiary/aromatic N) is 3. The second-order valence-corrected chi connectivity index (χ2v) is 1.74. The Morgan fingerprint density at radius 2 is 2.64 bits per heavy atom. The number of aliphatic hydroxyl groups excluding tert-OH is 1.